The molecule has 25 heavy (non-hydrogen) atoms. The smallest absolute Gasteiger partial charge is 0.341 e. The van der Waals surface area contributed by atoms with E-state index >= 15 is 0 Å². The van der Waals surface area contributed by atoms with Crippen LogP contribution in [0.4, 0.5) is 0 Å². The summed E-state index contributed by atoms with van der Waals surface area (Å²) in [6, 6.07) is 7.11. The fraction of sp³-hybridized carbons (Fsp3) is 0.471. The van der Waals surface area contributed by atoms with E-state index in [1.54, 1.807) is 12.1 Å². The standard InChI is InChI=1S/C17H23N3O4S/c1-2-15(12-5-7-13(8-6-12)24-11-16(21)22)19-20-17(25)18-10-14-4-3-9-23-14/h5-8,14H,2-4,9-11H2,1H3,(H,21,22)(H2,18,20,25)/b19-15-/t14-/m0/s1. The molecule has 1 aliphatic heterocycles. The van der Waals surface area contributed by atoms with Crippen molar-refractivity contribution in [1.82, 2.24) is 10.7 Å². The maximum absolute atomic E-state index is 10.5. The molecule has 1 saturated heterocycles. The lowest BCUT2D eigenvalue weighted by molar-refractivity contribution is -0.139. The first-order chi connectivity index (χ1) is 12.1. The van der Waals surface area contributed by atoms with Crippen molar-refractivity contribution in [2.75, 3.05) is 19.8 Å². The van der Waals surface area contributed by atoms with Crippen molar-refractivity contribution in [2.45, 2.75) is 32.3 Å². The van der Waals surface area contributed by atoms with Crippen LogP contribution in [-0.4, -0.2) is 47.8 Å². The van der Waals surface area contributed by atoms with E-state index < -0.39 is 5.97 Å². The molecule has 1 aromatic carbocycles. The first-order valence-electron chi connectivity index (χ1n) is 8.25. The summed E-state index contributed by atoms with van der Waals surface area (Å²) in [7, 11) is 0. The van der Waals surface area contributed by atoms with Gasteiger partial charge in [0.2, 0.25) is 0 Å². The number of benzene rings is 1. The molecule has 136 valence electrons. The van der Waals surface area contributed by atoms with E-state index in [1.807, 2.05) is 19.1 Å². The van der Waals surface area contributed by atoms with Crippen LogP contribution in [0.1, 0.15) is 31.7 Å². The SMILES string of the molecule is CC/C(=N/NC(=S)NC[C@@H]1CCCO1)c1ccc(OCC(=O)O)cc1. The quantitative estimate of drug-likeness (QED) is 0.368. The number of thiocarbonyl (C=S) groups is 1. The van der Waals surface area contributed by atoms with E-state index in [0.717, 1.165) is 37.1 Å². The van der Waals surface area contributed by atoms with Gasteiger partial charge in [-0.25, -0.2) is 4.79 Å². The van der Waals surface area contributed by atoms with Crippen molar-refractivity contribution in [1.29, 1.82) is 0 Å². The molecular formula is C17H23N3O4S. The third kappa shape index (κ3) is 6.67. The molecule has 3 N–H and O–H groups in total. The predicted molar refractivity (Wildman–Crippen MR) is 99.1 cm³/mol. The summed E-state index contributed by atoms with van der Waals surface area (Å²) >= 11 is 5.22. The second-order valence-electron chi connectivity index (χ2n) is 5.58. The Morgan fingerprint density at radius 2 is 2.20 bits per heavy atom. The molecule has 0 unspecified atom stereocenters. The maximum Gasteiger partial charge on any atom is 0.341 e. The Balaban J connectivity index is 1.85. The summed E-state index contributed by atoms with van der Waals surface area (Å²) in [4.78, 5) is 10.5. The van der Waals surface area contributed by atoms with Crippen LogP contribution in [0.15, 0.2) is 29.4 Å². The fourth-order valence-electron chi connectivity index (χ4n) is 2.41. The molecule has 0 aliphatic carbocycles. The number of nitrogens with zero attached hydrogens (tertiary/aromatic N) is 1. The highest BCUT2D eigenvalue weighted by Crippen LogP contribution is 2.14. The van der Waals surface area contributed by atoms with E-state index in [-0.39, 0.29) is 12.7 Å². The minimum Gasteiger partial charge on any atom is -0.482 e. The number of carbonyl (C=O) groups is 1. The van der Waals surface area contributed by atoms with Gasteiger partial charge >= 0.3 is 5.97 Å². The van der Waals surface area contributed by atoms with Crippen LogP contribution in [0.25, 0.3) is 0 Å². The minimum absolute atomic E-state index is 0.215. The summed E-state index contributed by atoms with van der Waals surface area (Å²) < 4.78 is 10.6. The van der Waals surface area contributed by atoms with Crippen LogP contribution in [0.5, 0.6) is 5.75 Å². The zero-order valence-electron chi connectivity index (χ0n) is 14.2. The molecule has 1 aliphatic rings. The summed E-state index contributed by atoms with van der Waals surface area (Å²) in [5.41, 5.74) is 4.61. The number of ether oxygens (including phenoxy) is 2. The molecule has 7 nitrogen and oxygen atoms in total. The van der Waals surface area contributed by atoms with Crippen LogP contribution in [0.3, 0.4) is 0 Å². The van der Waals surface area contributed by atoms with E-state index in [9.17, 15) is 4.79 Å². The summed E-state index contributed by atoms with van der Waals surface area (Å²) in [6.45, 7) is 3.13. The lowest BCUT2D eigenvalue weighted by Gasteiger charge is -2.13. The number of nitrogens with one attached hydrogen (secondary N) is 2. The second kappa shape index (κ2) is 9.95. The normalized spacial score (nSPS) is 17.2. The molecule has 0 saturated carbocycles. The van der Waals surface area contributed by atoms with E-state index in [2.05, 4.69) is 15.8 Å². The summed E-state index contributed by atoms with van der Waals surface area (Å²) in [5, 5.41) is 16.5. The average molecular weight is 365 g/mol. The van der Waals surface area contributed by atoms with Gasteiger partial charge < -0.3 is 19.9 Å². The Labute approximate surface area is 152 Å². The Bertz CT molecular complexity index is 613. The van der Waals surface area contributed by atoms with Crippen LogP contribution >= 0.6 is 12.2 Å². The van der Waals surface area contributed by atoms with Gasteiger partial charge in [0.25, 0.3) is 0 Å². The second-order valence-corrected chi connectivity index (χ2v) is 5.98. The number of rotatable bonds is 8. The first-order valence-corrected chi connectivity index (χ1v) is 8.66. The maximum atomic E-state index is 10.5. The number of hydrogen-bond donors (Lipinski definition) is 3. The van der Waals surface area contributed by atoms with Crippen LogP contribution in [0, 0.1) is 0 Å². The first kappa shape index (κ1) is 19.1. The van der Waals surface area contributed by atoms with Gasteiger partial charge in [-0.15, -0.1) is 0 Å². The van der Waals surface area contributed by atoms with Crippen molar-refractivity contribution in [3.8, 4) is 5.75 Å². The highest BCUT2D eigenvalue weighted by atomic mass is 32.1. The molecule has 0 radical (unpaired) electrons. The monoisotopic (exact) mass is 365 g/mol. The molecule has 1 heterocycles. The highest BCUT2D eigenvalue weighted by Gasteiger charge is 2.15. The lowest BCUT2D eigenvalue weighted by Crippen LogP contribution is -2.37. The molecule has 1 aromatic rings. The fourth-order valence-corrected chi connectivity index (χ4v) is 2.53. The molecule has 0 aromatic heterocycles. The van der Waals surface area contributed by atoms with Gasteiger partial charge in [-0.05, 0) is 61.3 Å². The van der Waals surface area contributed by atoms with E-state index in [4.69, 9.17) is 26.8 Å². The Kier molecular flexibility index (Phi) is 7.62. The van der Waals surface area contributed by atoms with Crippen LogP contribution in [-0.2, 0) is 9.53 Å². The Hall–Kier alpha value is -2.19. The number of hydrogen-bond acceptors (Lipinski definition) is 5. The van der Waals surface area contributed by atoms with Gasteiger partial charge in [0.1, 0.15) is 5.75 Å². The minimum atomic E-state index is -1.01. The average Bonchev–Trinajstić information content (AvgIpc) is 3.13. The Morgan fingerprint density at radius 1 is 1.44 bits per heavy atom. The molecular weight excluding hydrogens is 342 g/mol. The topological polar surface area (TPSA) is 92.2 Å². The van der Waals surface area contributed by atoms with Crippen molar-refractivity contribution in [3.63, 3.8) is 0 Å². The summed E-state index contributed by atoms with van der Waals surface area (Å²) in [6.07, 6.45) is 3.08. The number of aliphatic carboxylic acids is 1. The van der Waals surface area contributed by atoms with Crippen molar-refractivity contribution < 1.29 is 19.4 Å². The molecule has 8 heteroatoms. The van der Waals surface area contributed by atoms with Crippen LogP contribution in [0.2, 0.25) is 0 Å². The van der Waals surface area contributed by atoms with Gasteiger partial charge in [-0.3, -0.25) is 5.43 Å². The summed E-state index contributed by atoms with van der Waals surface area (Å²) in [5.74, 6) is -0.503. The zero-order valence-corrected chi connectivity index (χ0v) is 15.0. The third-order valence-corrected chi connectivity index (χ3v) is 3.93. The molecule has 1 fully saturated rings. The highest BCUT2D eigenvalue weighted by molar-refractivity contribution is 7.80. The molecule has 0 spiro atoms. The number of carboxylic acids is 1. The molecule has 1 atom stereocenters. The van der Waals surface area contributed by atoms with Crippen molar-refractivity contribution >= 4 is 29.0 Å². The van der Waals surface area contributed by atoms with Gasteiger partial charge in [-0.2, -0.15) is 5.10 Å². The van der Waals surface area contributed by atoms with Gasteiger partial charge in [0.05, 0.1) is 11.8 Å². The van der Waals surface area contributed by atoms with Crippen molar-refractivity contribution in [2.24, 2.45) is 5.10 Å². The Morgan fingerprint density at radius 3 is 2.80 bits per heavy atom. The third-order valence-electron chi connectivity index (χ3n) is 3.69. The number of hydrazone groups is 1. The van der Waals surface area contributed by atoms with E-state index in [0.29, 0.717) is 17.4 Å². The molecule has 0 amide bonds. The largest absolute Gasteiger partial charge is 0.482 e. The zero-order chi connectivity index (χ0) is 18.1. The van der Waals surface area contributed by atoms with Gasteiger partial charge in [-0.1, -0.05) is 6.92 Å². The predicted octanol–water partition coefficient (Wildman–Crippen LogP) is 1.91. The number of carboxylic acid groups (broad SMARTS) is 1. The van der Waals surface area contributed by atoms with Gasteiger partial charge in [0, 0.05) is 13.2 Å². The van der Waals surface area contributed by atoms with Crippen LogP contribution < -0.4 is 15.5 Å². The van der Waals surface area contributed by atoms with Crippen molar-refractivity contribution in [3.05, 3.63) is 29.8 Å². The lowest BCUT2D eigenvalue weighted by atomic mass is 10.1. The van der Waals surface area contributed by atoms with E-state index in [1.165, 1.54) is 0 Å². The molecule has 0 bridgehead atoms. The molecule has 2 rings (SSSR count). The van der Waals surface area contributed by atoms with Gasteiger partial charge in [0.15, 0.2) is 11.7 Å².